The Bertz CT molecular complexity index is 1400. The van der Waals surface area contributed by atoms with E-state index in [4.69, 9.17) is 10.2 Å². The van der Waals surface area contributed by atoms with E-state index in [-0.39, 0.29) is 11.3 Å². The molecule has 2 aromatic heterocycles. The van der Waals surface area contributed by atoms with Crippen LogP contribution in [0.2, 0.25) is 0 Å². The maximum absolute atomic E-state index is 12.5. The van der Waals surface area contributed by atoms with Gasteiger partial charge in [-0.15, -0.1) is 13.2 Å². The van der Waals surface area contributed by atoms with Gasteiger partial charge in [0, 0.05) is 18.7 Å². The molecule has 0 bridgehead atoms. The molecule has 4 rings (SSSR count). The van der Waals surface area contributed by atoms with Gasteiger partial charge in [-0.3, -0.25) is 4.79 Å². The van der Waals surface area contributed by atoms with Gasteiger partial charge in [-0.2, -0.15) is 0 Å². The van der Waals surface area contributed by atoms with E-state index in [9.17, 15) is 22.8 Å². The molecule has 0 aliphatic carbocycles. The number of carbonyl (C=O) groups is 2. The van der Waals surface area contributed by atoms with Crippen molar-refractivity contribution in [2.75, 3.05) is 11.9 Å². The van der Waals surface area contributed by atoms with Crippen molar-refractivity contribution in [3.8, 4) is 5.75 Å². The Morgan fingerprint density at radius 3 is 2.62 bits per heavy atom. The molecule has 4 aromatic rings. The highest BCUT2D eigenvalue weighted by Gasteiger charge is 2.31. The number of hydrogen-bond donors (Lipinski definition) is 4. The molecule has 0 saturated heterocycles. The first-order valence-corrected chi connectivity index (χ1v) is 10.4. The van der Waals surface area contributed by atoms with Crippen molar-refractivity contribution in [1.82, 2.24) is 19.9 Å². The third-order valence-corrected chi connectivity index (χ3v) is 5.67. The minimum Gasteiger partial charge on any atom is -0.480 e. The van der Waals surface area contributed by atoms with Gasteiger partial charge in [-0.25, -0.2) is 14.8 Å². The van der Waals surface area contributed by atoms with Crippen LogP contribution in [0.3, 0.4) is 0 Å². The number of carboxylic acid groups (broad SMARTS) is 1. The number of aromatic nitrogens is 3. The molecule has 10 nitrogen and oxygen atoms in total. The van der Waals surface area contributed by atoms with Crippen molar-refractivity contribution in [2.24, 2.45) is 7.05 Å². The topological polar surface area (TPSA) is 139 Å². The van der Waals surface area contributed by atoms with E-state index in [1.54, 1.807) is 17.7 Å². The molecule has 34 heavy (non-hydrogen) atoms. The van der Waals surface area contributed by atoms with Crippen LogP contribution < -0.4 is 15.4 Å². The number of aliphatic carboxylic acids is 1. The number of hydrogen-bond acceptors (Lipinski definition) is 8. The Morgan fingerprint density at radius 2 is 1.94 bits per heavy atom. The van der Waals surface area contributed by atoms with Crippen LogP contribution in [0.1, 0.15) is 10.4 Å². The lowest BCUT2D eigenvalue weighted by Crippen LogP contribution is -2.43. The molecule has 1 unspecified atom stereocenters. The molecule has 0 aliphatic heterocycles. The molecule has 0 fully saturated rings. The predicted molar refractivity (Wildman–Crippen MR) is 116 cm³/mol. The van der Waals surface area contributed by atoms with Gasteiger partial charge in [0.15, 0.2) is 11.2 Å². The normalized spacial score (nSPS) is 12.6. The van der Waals surface area contributed by atoms with Crippen LogP contribution in [0, 0.1) is 0 Å². The molecule has 178 valence electrons. The van der Waals surface area contributed by atoms with Crippen molar-refractivity contribution in [3.05, 3.63) is 42.0 Å². The number of alkyl halides is 3. The van der Waals surface area contributed by atoms with Crippen molar-refractivity contribution in [2.45, 2.75) is 12.4 Å². The lowest BCUT2D eigenvalue weighted by molar-refractivity contribution is -0.274. The third-order valence-electron chi connectivity index (χ3n) is 4.74. The van der Waals surface area contributed by atoms with Gasteiger partial charge < -0.3 is 30.2 Å². The van der Waals surface area contributed by atoms with Crippen molar-refractivity contribution in [1.29, 1.82) is 0 Å². The number of anilines is 2. The summed E-state index contributed by atoms with van der Waals surface area (Å²) in [4.78, 5) is 32.1. The molecule has 0 spiro atoms. The summed E-state index contributed by atoms with van der Waals surface area (Å²) < 4.78 is 43.5. The SMILES string of the molecule is Cn1c(Nc2nc3ccc(OC(F)(F)F)cc3s2)nc2cc(C(=O)NC(CO)C(=O)O)ccc21. The Kier molecular flexibility index (Phi) is 6.01. The number of benzene rings is 2. The maximum atomic E-state index is 12.5. The maximum Gasteiger partial charge on any atom is 0.573 e. The van der Waals surface area contributed by atoms with E-state index in [0.29, 0.717) is 32.3 Å². The minimum absolute atomic E-state index is 0.147. The van der Waals surface area contributed by atoms with E-state index in [1.165, 1.54) is 30.3 Å². The predicted octanol–water partition coefficient (Wildman–Crippen LogP) is 3.00. The molecule has 14 heteroatoms. The molecule has 2 aromatic carbocycles. The van der Waals surface area contributed by atoms with Crippen LogP contribution in [0.5, 0.6) is 5.75 Å². The van der Waals surface area contributed by atoms with Crippen molar-refractivity contribution >= 4 is 55.5 Å². The van der Waals surface area contributed by atoms with E-state index in [2.05, 4.69) is 25.3 Å². The van der Waals surface area contributed by atoms with E-state index in [1.807, 2.05) is 0 Å². The summed E-state index contributed by atoms with van der Waals surface area (Å²) in [6.07, 6.45) is -4.80. The quantitative estimate of drug-likeness (QED) is 0.307. The zero-order chi connectivity index (χ0) is 24.6. The largest absolute Gasteiger partial charge is 0.573 e. The molecular weight excluding hydrogens is 479 g/mol. The van der Waals surface area contributed by atoms with E-state index < -0.39 is 30.9 Å². The summed E-state index contributed by atoms with van der Waals surface area (Å²) in [6, 6.07) is 6.95. The Morgan fingerprint density at radius 1 is 1.18 bits per heavy atom. The number of imidazole rings is 1. The summed E-state index contributed by atoms with van der Waals surface area (Å²) in [5.74, 6) is -2.05. The van der Waals surface area contributed by atoms with Gasteiger partial charge in [0.1, 0.15) is 5.75 Å². The highest BCUT2D eigenvalue weighted by atomic mass is 32.1. The molecule has 1 atom stereocenters. The molecule has 2 heterocycles. The molecule has 4 N–H and O–H groups in total. The van der Waals surface area contributed by atoms with Crippen LogP contribution in [-0.4, -0.2) is 55.6 Å². The number of nitrogens with zero attached hydrogens (tertiary/aromatic N) is 3. The number of thiazole rings is 1. The smallest absolute Gasteiger partial charge is 0.480 e. The molecule has 0 saturated carbocycles. The number of carboxylic acids is 1. The van der Waals surface area contributed by atoms with Gasteiger partial charge in [0.25, 0.3) is 5.91 Å². The summed E-state index contributed by atoms with van der Waals surface area (Å²) in [7, 11) is 1.71. The first-order valence-electron chi connectivity index (χ1n) is 9.58. The van der Waals surface area contributed by atoms with E-state index >= 15 is 0 Å². The second kappa shape index (κ2) is 8.79. The first-order chi connectivity index (χ1) is 16.0. The summed E-state index contributed by atoms with van der Waals surface area (Å²) in [6.45, 7) is -0.757. The number of ether oxygens (including phenoxy) is 1. The standard InChI is InChI=1S/C20H16F3N5O5S/c1-28-14-5-2-9(16(30)24-13(8-29)17(31)32)6-12(14)25-18(28)27-19-26-11-4-3-10(7-15(11)34-19)33-20(21,22)23/h2-7,13,29H,8H2,1H3,(H,24,30)(H,31,32)(H,25,26,27). The van der Waals surface area contributed by atoms with Crippen LogP contribution in [-0.2, 0) is 11.8 Å². The number of aliphatic hydroxyl groups excluding tert-OH is 1. The number of nitrogens with one attached hydrogen (secondary N) is 2. The second-order valence-corrected chi connectivity index (χ2v) is 8.10. The van der Waals surface area contributed by atoms with Crippen LogP contribution in [0.4, 0.5) is 24.3 Å². The Balaban J connectivity index is 1.57. The van der Waals surface area contributed by atoms with Crippen LogP contribution in [0.15, 0.2) is 36.4 Å². The zero-order valence-corrected chi connectivity index (χ0v) is 18.1. The monoisotopic (exact) mass is 495 g/mol. The fourth-order valence-electron chi connectivity index (χ4n) is 3.13. The fourth-order valence-corrected chi connectivity index (χ4v) is 4.02. The number of carbonyl (C=O) groups excluding carboxylic acids is 1. The molecular formula is C20H16F3N5O5S. The van der Waals surface area contributed by atoms with Gasteiger partial charge >= 0.3 is 12.3 Å². The summed E-state index contributed by atoms with van der Waals surface area (Å²) in [5.41, 5.74) is 1.69. The van der Waals surface area contributed by atoms with Gasteiger partial charge in [0.05, 0.1) is 27.9 Å². The van der Waals surface area contributed by atoms with Gasteiger partial charge in [-0.1, -0.05) is 11.3 Å². The number of aliphatic hydroxyl groups is 1. The minimum atomic E-state index is -4.80. The average molecular weight is 495 g/mol. The fraction of sp³-hybridized carbons (Fsp3) is 0.200. The van der Waals surface area contributed by atoms with Crippen LogP contribution >= 0.6 is 11.3 Å². The highest BCUT2D eigenvalue weighted by Crippen LogP contribution is 2.33. The molecule has 1 amide bonds. The van der Waals surface area contributed by atoms with E-state index in [0.717, 1.165) is 11.3 Å². The Hall–Kier alpha value is -3.91. The third kappa shape index (κ3) is 4.87. The Labute approximate surface area is 192 Å². The van der Waals surface area contributed by atoms with Gasteiger partial charge in [0.2, 0.25) is 5.95 Å². The highest BCUT2D eigenvalue weighted by molar-refractivity contribution is 7.22. The number of halogens is 3. The average Bonchev–Trinajstić information content (AvgIpc) is 3.30. The number of rotatable bonds is 7. The van der Waals surface area contributed by atoms with Crippen molar-refractivity contribution in [3.63, 3.8) is 0 Å². The summed E-state index contributed by atoms with van der Waals surface area (Å²) >= 11 is 1.10. The number of aryl methyl sites for hydroxylation is 1. The van der Waals surface area contributed by atoms with Gasteiger partial charge in [-0.05, 0) is 30.3 Å². The van der Waals surface area contributed by atoms with Crippen molar-refractivity contribution < 1.29 is 37.7 Å². The molecule has 0 aliphatic rings. The first kappa shape index (κ1) is 23.3. The lowest BCUT2D eigenvalue weighted by atomic mass is 10.1. The number of amides is 1. The summed E-state index contributed by atoms with van der Waals surface area (Å²) in [5, 5.41) is 23.7. The number of fused-ring (bicyclic) bond motifs is 2. The zero-order valence-electron chi connectivity index (χ0n) is 17.3. The molecule has 0 radical (unpaired) electrons. The van der Waals surface area contributed by atoms with Crippen LogP contribution in [0.25, 0.3) is 21.3 Å². The lowest BCUT2D eigenvalue weighted by Gasteiger charge is -2.11. The second-order valence-electron chi connectivity index (χ2n) is 7.07.